The summed E-state index contributed by atoms with van der Waals surface area (Å²) in [5, 5.41) is 13.8. The van der Waals surface area contributed by atoms with Crippen molar-refractivity contribution in [3.05, 3.63) is 58.1 Å². The van der Waals surface area contributed by atoms with E-state index in [9.17, 15) is 27.5 Å². The van der Waals surface area contributed by atoms with Gasteiger partial charge in [-0.1, -0.05) is 6.42 Å². The molecular formula is C23H21FN4O6S. The molecule has 2 aliphatic rings. The summed E-state index contributed by atoms with van der Waals surface area (Å²) in [6.45, 7) is -0.0890. The zero-order valence-corrected chi connectivity index (χ0v) is 19.1. The highest BCUT2D eigenvalue weighted by Gasteiger charge is 2.31. The van der Waals surface area contributed by atoms with Crippen LogP contribution in [0.1, 0.15) is 24.8 Å². The molecule has 2 aromatic carbocycles. The third-order valence-electron chi connectivity index (χ3n) is 6.18. The number of rotatable bonds is 6. The maximum Gasteiger partial charge on any atom is 0.286 e. The molecule has 0 atom stereocenters. The maximum absolute atomic E-state index is 14.1. The summed E-state index contributed by atoms with van der Waals surface area (Å²) < 4.78 is 50.3. The van der Waals surface area contributed by atoms with E-state index in [-0.39, 0.29) is 39.0 Å². The first-order valence-corrected chi connectivity index (χ1v) is 12.3. The number of anilines is 1. The van der Waals surface area contributed by atoms with Crippen LogP contribution in [-0.4, -0.2) is 36.4 Å². The molecule has 1 aromatic heterocycles. The number of pyridine rings is 1. The molecule has 4 N–H and O–H groups in total. The van der Waals surface area contributed by atoms with Gasteiger partial charge in [0.15, 0.2) is 12.4 Å². The van der Waals surface area contributed by atoms with E-state index in [2.05, 4.69) is 9.71 Å². The van der Waals surface area contributed by atoms with Crippen molar-refractivity contribution in [3.63, 3.8) is 0 Å². The lowest BCUT2D eigenvalue weighted by Gasteiger charge is -2.27. The number of aromatic nitrogens is 1. The number of halogens is 1. The molecule has 5 rings (SSSR count). The van der Waals surface area contributed by atoms with Crippen LogP contribution in [0.3, 0.4) is 0 Å². The fraction of sp³-hybridized carbons (Fsp3) is 0.261. The highest BCUT2D eigenvalue weighted by molar-refractivity contribution is 7.90. The van der Waals surface area contributed by atoms with Gasteiger partial charge in [0.25, 0.3) is 21.5 Å². The number of carbonyl (C=O) groups is 1. The van der Waals surface area contributed by atoms with Crippen LogP contribution < -0.4 is 21.3 Å². The number of hydrogen-bond acceptors (Lipinski definition) is 7. The Bertz CT molecular complexity index is 1580. The van der Waals surface area contributed by atoms with Crippen molar-refractivity contribution in [1.82, 2.24) is 4.57 Å². The predicted molar refractivity (Wildman–Crippen MR) is 126 cm³/mol. The van der Waals surface area contributed by atoms with Gasteiger partial charge in [0.1, 0.15) is 27.8 Å². The molecule has 1 saturated carbocycles. The number of nitrogens with zero attached hydrogens (tertiary/aromatic N) is 2. The number of amidine groups is 1. The normalized spacial score (nSPS) is 16.7. The molecule has 1 fully saturated rings. The van der Waals surface area contributed by atoms with E-state index in [0.717, 1.165) is 25.3 Å². The molecule has 1 aliphatic carbocycles. The van der Waals surface area contributed by atoms with E-state index in [1.165, 1.54) is 34.9 Å². The van der Waals surface area contributed by atoms with Gasteiger partial charge in [0.05, 0.1) is 11.2 Å². The Morgan fingerprint density at radius 1 is 1.26 bits per heavy atom. The zero-order valence-electron chi connectivity index (χ0n) is 18.3. The largest absolute Gasteiger partial charge is 0.506 e. The zero-order chi connectivity index (χ0) is 24.9. The van der Waals surface area contributed by atoms with E-state index >= 15 is 0 Å². The number of benzene rings is 2. The van der Waals surface area contributed by atoms with Gasteiger partial charge < -0.3 is 25.5 Å². The number of primary amides is 1. The van der Waals surface area contributed by atoms with Gasteiger partial charge >= 0.3 is 0 Å². The highest BCUT2D eigenvalue weighted by Crippen LogP contribution is 2.35. The third-order valence-corrected chi connectivity index (χ3v) is 7.50. The van der Waals surface area contributed by atoms with Crippen molar-refractivity contribution in [1.29, 1.82) is 0 Å². The Morgan fingerprint density at radius 2 is 2.03 bits per heavy atom. The van der Waals surface area contributed by atoms with Crippen molar-refractivity contribution in [2.24, 2.45) is 16.0 Å². The summed E-state index contributed by atoms with van der Waals surface area (Å²) in [6, 6.07) is 7.68. The van der Waals surface area contributed by atoms with Crippen LogP contribution in [-0.2, 0) is 21.4 Å². The van der Waals surface area contributed by atoms with Gasteiger partial charge in [0.2, 0.25) is 0 Å². The van der Waals surface area contributed by atoms with Crippen molar-refractivity contribution in [3.8, 4) is 11.5 Å². The summed E-state index contributed by atoms with van der Waals surface area (Å²) in [6.07, 6.45) is 2.92. The first-order chi connectivity index (χ1) is 16.6. The van der Waals surface area contributed by atoms with Crippen LogP contribution in [0.2, 0.25) is 0 Å². The number of carbonyl (C=O) groups excluding carboxylic acids is 1. The van der Waals surface area contributed by atoms with Crippen LogP contribution in [0.5, 0.6) is 11.5 Å². The summed E-state index contributed by atoms with van der Waals surface area (Å²) in [4.78, 5) is 24.2. The van der Waals surface area contributed by atoms with E-state index < -0.39 is 39.7 Å². The fourth-order valence-corrected chi connectivity index (χ4v) is 5.37. The molecule has 182 valence electrons. The van der Waals surface area contributed by atoms with Crippen LogP contribution in [0.4, 0.5) is 10.1 Å². The molecular weight excluding hydrogens is 479 g/mol. The second-order valence-electron chi connectivity index (χ2n) is 8.55. The number of ether oxygens (including phenoxy) is 1. The average Bonchev–Trinajstić information content (AvgIpc) is 2.76. The average molecular weight is 501 g/mol. The Morgan fingerprint density at radius 3 is 2.71 bits per heavy atom. The molecule has 1 amide bonds. The van der Waals surface area contributed by atoms with Crippen LogP contribution in [0.25, 0.3) is 10.9 Å². The summed E-state index contributed by atoms with van der Waals surface area (Å²) in [5.41, 5.74) is 4.48. The number of amides is 1. The molecule has 1 aliphatic heterocycles. The minimum absolute atomic E-state index is 0.0711. The lowest BCUT2D eigenvalue weighted by Crippen LogP contribution is -2.34. The quantitative estimate of drug-likeness (QED) is 0.468. The summed E-state index contributed by atoms with van der Waals surface area (Å²) in [7, 11) is -4.33. The van der Waals surface area contributed by atoms with Gasteiger partial charge in [-0.25, -0.2) is 4.39 Å². The van der Waals surface area contributed by atoms with Crippen LogP contribution in [0, 0.1) is 11.7 Å². The van der Waals surface area contributed by atoms with Gasteiger partial charge in [-0.15, -0.1) is 4.40 Å². The Kier molecular flexibility index (Phi) is 5.47. The number of aromatic hydroxyl groups is 1. The molecule has 0 bridgehead atoms. The summed E-state index contributed by atoms with van der Waals surface area (Å²) >= 11 is 0. The lowest BCUT2D eigenvalue weighted by atomic mass is 9.85. The second-order valence-corrected chi connectivity index (χ2v) is 10.1. The van der Waals surface area contributed by atoms with Gasteiger partial charge in [-0.05, 0) is 49.1 Å². The number of sulfonamides is 1. The topological polar surface area (TPSA) is 153 Å². The molecule has 2 heterocycles. The van der Waals surface area contributed by atoms with E-state index in [1.54, 1.807) is 0 Å². The van der Waals surface area contributed by atoms with Gasteiger partial charge in [0, 0.05) is 18.0 Å². The number of hydrogen-bond donors (Lipinski definition) is 3. The van der Waals surface area contributed by atoms with Crippen molar-refractivity contribution < 1.29 is 27.4 Å². The molecule has 3 aromatic rings. The molecule has 35 heavy (non-hydrogen) atoms. The second kappa shape index (κ2) is 8.38. The van der Waals surface area contributed by atoms with Crippen LogP contribution in [0.15, 0.2) is 50.5 Å². The molecule has 0 saturated heterocycles. The standard InChI is InChI=1S/C23H21FN4O6S/c24-13-4-7-17-15(8-13)21(30)20(23(31)28(17)10-12-2-1-3-12)22-26-16-6-5-14(34-11-19(25)29)9-18(16)35(32,33)27-22/h4-9,12,30H,1-3,10-11H2,(H2,25,29)(H,26,27). The first-order valence-electron chi connectivity index (χ1n) is 10.9. The first kappa shape index (κ1) is 22.8. The molecule has 12 heteroatoms. The Balaban J connectivity index is 1.64. The summed E-state index contributed by atoms with van der Waals surface area (Å²) in [5.74, 6) is -1.96. The van der Waals surface area contributed by atoms with E-state index in [4.69, 9.17) is 10.5 Å². The minimum Gasteiger partial charge on any atom is -0.506 e. The molecule has 10 nitrogen and oxygen atoms in total. The minimum atomic E-state index is -4.33. The van der Waals surface area contributed by atoms with Gasteiger partial charge in [-0.2, -0.15) is 8.42 Å². The molecule has 0 spiro atoms. The SMILES string of the molecule is NC(=O)COc1ccc2c(c1)S(=O)(=O)N=C(c1c(O)c3cc(F)ccc3n(CC3CCC3)c1=O)N2. The number of fused-ring (bicyclic) bond motifs is 2. The fourth-order valence-electron chi connectivity index (χ4n) is 4.23. The Labute approximate surface area is 198 Å². The third kappa shape index (κ3) is 4.09. The van der Waals surface area contributed by atoms with Crippen molar-refractivity contribution in [2.45, 2.75) is 30.7 Å². The van der Waals surface area contributed by atoms with Gasteiger partial charge in [-0.3, -0.25) is 9.59 Å². The Hall–Kier alpha value is -3.93. The van der Waals surface area contributed by atoms with E-state index in [1.807, 2.05) is 0 Å². The number of nitrogens with one attached hydrogen (secondary N) is 1. The smallest absolute Gasteiger partial charge is 0.286 e. The van der Waals surface area contributed by atoms with E-state index in [0.29, 0.717) is 12.1 Å². The van der Waals surface area contributed by atoms with Crippen LogP contribution >= 0.6 is 0 Å². The maximum atomic E-state index is 14.1. The predicted octanol–water partition coefficient (Wildman–Crippen LogP) is 2.07. The highest BCUT2D eigenvalue weighted by atomic mass is 32.2. The lowest BCUT2D eigenvalue weighted by molar-refractivity contribution is -0.119. The molecule has 0 radical (unpaired) electrons. The number of nitrogens with two attached hydrogens (primary N) is 1. The van der Waals surface area contributed by atoms with Crippen molar-refractivity contribution in [2.75, 3.05) is 11.9 Å². The van der Waals surface area contributed by atoms with Crippen molar-refractivity contribution >= 4 is 38.4 Å². The monoisotopic (exact) mass is 500 g/mol. The molecule has 0 unspecified atom stereocenters.